The van der Waals surface area contributed by atoms with Gasteiger partial charge in [0.25, 0.3) is 10.0 Å². The van der Waals surface area contributed by atoms with Gasteiger partial charge in [0.15, 0.2) is 0 Å². The zero-order valence-electron chi connectivity index (χ0n) is 10.1. The van der Waals surface area contributed by atoms with Crippen LogP contribution in [0.2, 0.25) is 0 Å². The summed E-state index contributed by atoms with van der Waals surface area (Å²) >= 11 is 4.30. The van der Waals surface area contributed by atoms with Gasteiger partial charge in [0.2, 0.25) is 0 Å². The highest BCUT2D eigenvalue weighted by molar-refractivity contribution is 9.10. The van der Waals surface area contributed by atoms with Gasteiger partial charge in [-0.1, -0.05) is 12.8 Å². The third kappa shape index (κ3) is 3.18. The van der Waals surface area contributed by atoms with Crippen molar-refractivity contribution in [2.45, 2.75) is 35.9 Å². The molecular formula is C11H14BrNO4S2. The first-order valence-corrected chi connectivity index (χ1v) is 9.01. The van der Waals surface area contributed by atoms with Crippen molar-refractivity contribution in [1.29, 1.82) is 0 Å². The van der Waals surface area contributed by atoms with E-state index in [0.29, 0.717) is 4.47 Å². The van der Waals surface area contributed by atoms with Crippen LogP contribution in [0.25, 0.3) is 0 Å². The first-order valence-electron chi connectivity index (χ1n) is 5.89. The fraction of sp³-hybridized carbons (Fsp3) is 0.545. The van der Waals surface area contributed by atoms with E-state index in [2.05, 4.69) is 15.9 Å². The minimum absolute atomic E-state index is 0.181. The van der Waals surface area contributed by atoms with Crippen LogP contribution in [0, 0.1) is 0 Å². The number of nitrogens with zero attached hydrogens (tertiary/aromatic N) is 1. The molecule has 1 fully saturated rings. The molecule has 1 saturated carbocycles. The van der Waals surface area contributed by atoms with Crippen LogP contribution < -0.4 is 0 Å². The predicted molar refractivity (Wildman–Crippen MR) is 75.8 cm³/mol. The average Bonchev–Trinajstić information content (AvgIpc) is 2.95. The molecule has 1 aromatic heterocycles. The van der Waals surface area contributed by atoms with Gasteiger partial charge in [-0.25, -0.2) is 8.42 Å². The van der Waals surface area contributed by atoms with Crippen LogP contribution in [0.4, 0.5) is 0 Å². The Bertz CT molecular complexity index is 563. The van der Waals surface area contributed by atoms with E-state index in [4.69, 9.17) is 5.11 Å². The molecule has 0 aromatic carbocycles. The zero-order valence-corrected chi connectivity index (χ0v) is 13.3. The Morgan fingerprint density at radius 2 is 2.11 bits per heavy atom. The van der Waals surface area contributed by atoms with Crippen molar-refractivity contribution in [3.05, 3.63) is 15.9 Å². The Balaban J connectivity index is 2.36. The molecule has 8 heteroatoms. The summed E-state index contributed by atoms with van der Waals surface area (Å²) in [4.78, 5) is 11.0. The molecule has 0 saturated heterocycles. The summed E-state index contributed by atoms with van der Waals surface area (Å²) in [7, 11) is -3.74. The smallest absolute Gasteiger partial charge is 0.318 e. The van der Waals surface area contributed by atoms with Crippen LogP contribution in [-0.2, 0) is 14.8 Å². The Kier molecular flexibility index (Phi) is 4.65. The number of carboxylic acids is 1. The summed E-state index contributed by atoms with van der Waals surface area (Å²) in [5.74, 6) is -1.12. The van der Waals surface area contributed by atoms with Crippen molar-refractivity contribution in [3.8, 4) is 0 Å². The summed E-state index contributed by atoms with van der Waals surface area (Å²) < 4.78 is 27.0. The van der Waals surface area contributed by atoms with Crippen LogP contribution >= 0.6 is 27.3 Å². The van der Waals surface area contributed by atoms with Gasteiger partial charge in [-0.15, -0.1) is 11.3 Å². The molecule has 0 spiro atoms. The zero-order chi connectivity index (χ0) is 14.0. The number of carboxylic acid groups (broad SMARTS) is 1. The van der Waals surface area contributed by atoms with Crippen LogP contribution in [0.15, 0.2) is 20.1 Å². The molecule has 19 heavy (non-hydrogen) atoms. The predicted octanol–water partition coefficient (Wildman–Crippen LogP) is 2.53. The number of hydrogen-bond donors (Lipinski definition) is 1. The maximum Gasteiger partial charge on any atom is 0.318 e. The second-order valence-electron chi connectivity index (χ2n) is 4.44. The highest BCUT2D eigenvalue weighted by atomic mass is 79.9. The monoisotopic (exact) mass is 367 g/mol. The normalized spacial score (nSPS) is 17.2. The van der Waals surface area contributed by atoms with Crippen molar-refractivity contribution < 1.29 is 18.3 Å². The van der Waals surface area contributed by atoms with E-state index < -0.39 is 22.5 Å². The number of thiophene rings is 1. The lowest BCUT2D eigenvalue weighted by Gasteiger charge is -2.25. The van der Waals surface area contributed by atoms with Gasteiger partial charge in [-0.2, -0.15) is 4.31 Å². The highest BCUT2D eigenvalue weighted by Gasteiger charge is 2.36. The van der Waals surface area contributed by atoms with Crippen molar-refractivity contribution in [3.63, 3.8) is 0 Å². The van der Waals surface area contributed by atoms with Crippen LogP contribution in [0.3, 0.4) is 0 Å². The number of sulfonamides is 1. The lowest BCUT2D eigenvalue weighted by Crippen LogP contribution is -2.42. The molecule has 1 N–H and O–H groups in total. The van der Waals surface area contributed by atoms with E-state index in [1.165, 1.54) is 0 Å². The molecule has 0 bridgehead atoms. The molecule has 1 heterocycles. The van der Waals surface area contributed by atoms with Crippen LogP contribution in [0.5, 0.6) is 0 Å². The molecule has 0 amide bonds. The molecule has 1 aromatic rings. The van der Waals surface area contributed by atoms with Gasteiger partial charge in [0, 0.05) is 10.5 Å². The molecule has 1 aliphatic rings. The van der Waals surface area contributed by atoms with Crippen molar-refractivity contribution in [2.75, 3.05) is 6.54 Å². The Morgan fingerprint density at radius 3 is 2.58 bits per heavy atom. The SMILES string of the molecule is O=C(O)CN(C1CCCC1)S(=O)(=O)c1sccc1Br. The maximum absolute atomic E-state index is 12.6. The average molecular weight is 368 g/mol. The second-order valence-corrected chi connectivity index (χ2v) is 8.29. The Hall–Kier alpha value is -0.440. The minimum atomic E-state index is -3.74. The van der Waals surface area contributed by atoms with Crippen molar-refractivity contribution in [2.24, 2.45) is 0 Å². The quantitative estimate of drug-likeness (QED) is 0.867. The van der Waals surface area contributed by atoms with Gasteiger partial charge in [-0.3, -0.25) is 4.79 Å². The van der Waals surface area contributed by atoms with Crippen molar-refractivity contribution in [1.82, 2.24) is 4.31 Å². The molecular weight excluding hydrogens is 354 g/mol. The van der Waals surface area contributed by atoms with E-state index in [-0.39, 0.29) is 10.3 Å². The van der Waals surface area contributed by atoms with Crippen molar-refractivity contribution >= 4 is 43.3 Å². The maximum atomic E-state index is 12.6. The lowest BCUT2D eigenvalue weighted by molar-refractivity contribution is -0.137. The topological polar surface area (TPSA) is 74.7 Å². The van der Waals surface area contributed by atoms with E-state index in [1.807, 2.05) is 0 Å². The van der Waals surface area contributed by atoms with E-state index in [0.717, 1.165) is 41.3 Å². The molecule has 1 aliphatic carbocycles. The highest BCUT2D eigenvalue weighted by Crippen LogP contribution is 2.34. The van der Waals surface area contributed by atoms with Gasteiger partial charge >= 0.3 is 5.97 Å². The summed E-state index contributed by atoms with van der Waals surface area (Å²) in [6.45, 7) is -0.475. The number of carbonyl (C=O) groups is 1. The standard InChI is InChI=1S/C11H14BrNO4S2/c12-9-5-6-18-11(9)19(16,17)13(7-10(14)15)8-3-1-2-4-8/h5-6,8H,1-4,7H2,(H,14,15). The number of halogens is 1. The molecule has 106 valence electrons. The minimum Gasteiger partial charge on any atom is -0.480 e. The number of rotatable bonds is 5. The third-order valence-electron chi connectivity index (χ3n) is 3.15. The summed E-state index contributed by atoms with van der Waals surface area (Å²) in [6, 6.07) is 1.46. The third-order valence-corrected chi connectivity index (χ3v) is 7.70. The van der Waals surface area contributed by atoms with E-state index in [1.54, 1.807) is 11.4 Å². The fourth-order valence-corrected chi connectivity index (χ4v) is 6.37. The van der Waals surface area contributed by atoms with Gasteiger partial charge < -0.3 is 5.11 Å². The molecule has 0 aliphatic heterocycles. The first kappa shape index (κ1) is 15.0. The van der Waals surface area contributed by atoms with Gasteiger partial charge in [-0.05, 0) is 40.2 Å². The van der Waals surface area contributed by atoms with E-state index >= 15 is 0 Å². The van der Waals surface area contributed by atoms with E-state index in [9.17, 15) is 13.2 Å². The molecule has 0 unspecified atom stereocenters. The Morgan fingerprint density at radius 1 is 1.47 bits per heavy atom. The number of aliphatic carboxylic acids is 1. The summed E-state index contributed by atoms with van der Waals surface area (Å²) in [5, 5.41) is 10.6. The van der Waals surface area contributed by atoms with Gasteiger partial charge in [0.1, 0.15) is 10.8 Å². The summed E-state index contributed by atoms with van der Waals surface area (Å²) in [5.41, 5.74) is 0. The second kappa shape index (κ2) is 5.90. The van der Waals surface area contributed by atoms with Gasteiger partial charge in [0.05, 0.1) is 0 Å². The largest absolute Gasteiger partial charge is 0.480 e. The Labute approximate surface area is 124 Å². The van der Waals surface area contributed by atoms with Crippen LogP contribution in [-0.4, -0.2) is 36.4 Å². The van der Waals surface area contributed by atoms with Crippen LogP contribution in [0.1, 0.15) is 25.7 Å². The summed E-state index contributed by atoms with van der Waals surface area (Å²) in [6.07, 6.45) is 3.36. The molecule has 0 atom stereocenters. The number of hydrogen-bond acceptors (Lipinski definition) is 4. The lowest BCUT2D eigenvalue weighted by atomic mass is 10.2. The fourth-order valence-electron chi connectivity index (χ4n) is 2.31. The molecule has 5 nitrogen and oxygen atoms in total. The first-order chi connectivity index (χ1) is 8.93. The molecule has 0 radical (unpaired) electrons. The molecule has 2 rings (SSSR count).